The predicted octanol–water partition coefficient (Wildman–Crippen LogP) is 1.89. The van der Waals surface area contributed by atoms with E-state index in [2.05, 4.69) is 37.3 Å². The lowest BCUT2D eigenvalue weighted by Crippen LogP contribution is -2.44. The molecule has 6 nitrogen and oxygen atoms in total. The molecule has 0 radical (unpaired) electrons. The highest BCUT2D eigenvalue weighted by Gasteiger charge is 2.16. The van der Waals surface area contributed by atoms with Crippen LogP contribution in [0.15, 0.2) is 30.5 Å². The average Bonchev–Trinajstić information content (AvgIpc) is 2.55. The van der Waals surface area contributed by atoms with Gasteiger partial charge in [-0.1, -0.05) is 23.7 Å². The molecule has 0 bridgehead atoms. The largest absolute Gasteiger partial charge is 0.353 e. The van der Waals surface area contributed by atoms with Crippen molar-refractivity contribution in [1.82, 2.24) is 20.1 Å². The van der Waals surface area contributed by atoms with Crippen molar-refractivity contribution in [2.45, 2.75) is 6.54 Å². The number of rotatable bonds is 4. The van der Waals surface area contributed by atoms with Gasteiger partial charge in [-0.15, -0.1) is 5.10 Å². The van der Waals surface area contributed by atoms with Crippen LogP contribution in [-0.4, -0.2) is 53.3 Å². The second kappa shape index (κ2) is 6.89. The van der Waals surface area contributed by atoms with Gasteiger partial charge in [-0.3, -0.25) is 0 Å². The van der Waals surface area contributed by atoms with E-state index in [1.807, 2.05) is 24.3 Å². The van der Waals surface area contributed by atoms with Crippen LogP contribution in [0.2, 0.25) is 5.02 Å². The van der Waals surface area contributed by atoms with Gasteiger partial charge in [-0.05, 0) is 24.7 Å². The fraction of sp³-hybridized carbons (Fsp3) is 0.400. The zero-order valence-corrected chi connectivity index (χ0v) is 13.3. The summed E-state index contributed by atoms with van der Waals surface area (Å²) < 4.78 is 0. The molecule has 22 heavy (non-hydrogen) atoms. The van der Waals surface area contributed by atoms with Gasteiger partial charge < -0.3 is 15.1 Å². The van der Waals surface area contributed by atoms with Crippen LogP contribution in [0.4, 0.5) is 11.8 Å². The fourth-order valence-corrected chi connectivity index (χ4v) is 2.47. The molecule has 0 spiro atoms. The summed E-state index contributed by atoms with van der Waals surface area (Å²) in [6, 6.07) is 7.71. The third-order valence-electron chi connectivity index (χ3n) is 3.74. The van der Waals surface area contributed by atoms with Crippen LogP contribution in [0.25, 0.3) is 0 Å². The van der Waals surface area contributed by atoms with E-state index in [-0.39, 0.29) is 0 Å². The second-order valence-electron chi connectivity index (χ2n) is 5.41. The molecule has 0 amide bonds. The van der Waals surface area contributed by atoms with E-state index in [0.29, 0.717) is 12.5 Å². The smallest absolute Gasteiger partial charge is 0.244 e. The van der Waals surface area contributed by atoms with E-state index in [9.17, 15) is 0 Å². The lowest BCUT2D eigenvalue weighted by atomic mass is 10.2. The number of aromatic nitrogens is 3. The molecular formula is C15H19ClN6. The summed E-state index contributed by atoms with van der Waals surface area (Å²) in [4.78, 5) is 9.10. The Hall–Kier alpha value is -1.92. The first-order valence-electron chi connectivity index (χ1n) is 7.32. The van der Waals surface area contributed by atoms with E-state index in [0.717, 1.165) is 42.6 Å². The monoisotopic (exact) mass is 318 g/mol. The number of benzene rings is 1. The minimum atomic E-state index is 0.548. The molecule has 1 aliphatic heterocycles. The van der Waals surface area contributed by atoms with Gasteiger partial charge in [0, 0.05) is 37.7 Å². The molecule has 1 N–H and O–H groups in total. The molecule has 116 valence electrons. The molecule has 7 heteroatoms. The van der Waals surface area contributed by atoms with Crippen molar-refractivity contribution in [3.05, 3.63) is 41.0 Å². The minimum absolute atomic E-state index is 0.548. The first-order chi connectivity index (χ1) is 10.7. The van der Waals surface area contributed by atoms with Gasteiger partial charge in [0.25, 0.3) is 0 Å². The normalized spacial score (nSPS) is 15.8. The van der Waals surface area contributed by atoms with E-state index >= 15 is 0 Å². The number of hydrogen-bond donors (Lipinski definition) is 1. The summed E-state index contributed by atoms with van der Waals surface area (Å²) in [6.45, 7) is 4.65. The summed E-state index contributed by atoms with van der Waals surface area (Å²) in [5.41, 5.74) is 1.12. The lowest BCUT2D eigenvalue weighted by Gasteiger charge is -2.32. The molecule has 1 aromatic carbocycles. The van der Waals surface area contributed by atoms with Gasteiger partial charge in [0.1, 0.15) is 0 Å². The van der Waals surface area contributed by atoms with Crippen molar-refractivity contribution in [2.24, 2.45) is 0 Å². The lowest BCUT2D eigenvalue weighted by molar-refractivity contribution is 0.312. The molecule has 0 aliphatic carbocycles. The number of nitrogens with zero attached hydrogens (tertiary/aromatic N) is 5. The van der Waals surface area contributed by atoms with Crippen molar-refractivity contribution >= 4 is 23.4 Å². The van der Waals surface area contributed by atoms with Crippen molar-refractivity contribution in [3.63, 3.8) is 0 Å². The van der Waals surface area contributed by atoms with Crippen LogP contribution in [0.1, 0.15) is 5.56 Å². The highest BCUT2D eigenvalue weighted by molar-refractivity contribution is 6.30. The summed E-state index contributed by atoms with van der Waals surface area (Å²) in [7, 11) is 2.13. The molecule has 1 aromatic heterocycles. The van der Waals surface area contributed by atoms with E-state index in [1.54, 1.807) is 6.20 Å². The molecule has 1 aliphatic rings. The Bertz CT molecular complexity index is 610. The van der Waals surface area contributed by atoms with Gasteiger partial charge in [-0.2, -0.15) is 10.1 Å². The first kappa shape index (κ1) is 15.0. The Morgan fingerprint density at radius 2 is 1.86 bits per heavy atom. The van der Waals surface area contributed by atoms with Crippen molar-refractivity contribution < 1.29 is 0 Å². The molecule has 0 unspecified atom stereocenters. The summed E-state index contributed by atoms with van der Waals surface area (Å²) in [5, 5.41) is 12.0. The standard InChI is InChI=1S/C15H19ClN6/c1-21-6-8-22(9-7-21)14-11-18-20-15(19-14)17-10-12-2-4-13(16)5-3-12/h2-5,11H,6-10H2,1H3,(H,17,19,20). The highest BCUT2D eigenvalue weighted by atomic mass is 35.5. The molecule has 0 saturated carbocycles. The minimum Gasteiger partial charge on any atom is -0.353 e. The second-order valence-corrected chi connectivity index (χ2v) is 5.84. The Morgan fingerprint density at radius 1 is 1.14 bits per heavy atom. The molecule has 2 heterocycles. The summed E-state index contributed by atoms with van der Waals surface area (Å²) >= 11 is 5.88. The van der Waals surface area contributed by atoms with Crippen LogP contribution in [0.3, 0.4) is 0 Å². The first-order valence-corrected chi connectivity index (χ1v) is 7.70. The Kier molecular flexibility index (Phi) is 4.70. The molecular weight excluding hydrogens is 300 g/mol. The van der Waals surface area contributed by atoms with E-state index in [1.165, 1.54) is 0 Å². The quantitative estimate of drug-likeness (QED) is 0.929. The Labute approximate surface area is 135 Å². The van der Waals surface area contributed by atoms with Crippen LogP contribution >= 0.6 is 11.6 Å². The van der Waals surface area contributed by atoms with Crippen LogP contribution in [-0.2, 0) is 6.54 Å². The highest BCUT2D eigenvalue weighted by Crippen LogP contribution is 2.14. The fourth-order valence-electron chi connectivity index (χ4n) is 2.34. The maximum atomic E-state index is 5.88. The molecule has 1 fully saturated rings. The predicted molar refractivity (Wildman–Crippen MR) is 88.3 cm³/mol. The molecule has 3 rings (SSSR count). The van der Waals surface area contributed by atoms with Crippen molar-refractivity contribution in [2.75, 3.05) is 43.4 Å². The van der Waals surface area contributed by atoms with Gasteiger partial charge in [0.05, 0.1) is 6.20 Å². The zero-order chi connectivity index (χ0) is 15.4. The zero-order valence-electron chi connectivity index (χ0n) is 12.5. The van der Waals surface area contributed by atoms with Crippen molar-refractivity contribution in [3.8, 4) is 0 Å². The number of hydrogen-bond acceptors (Lipinski definition) is 6. The molecule has 1 saturated heterocycles. The topological polar surface area (TPSA) is 57.2 Å². The summed E-state index contributed by atoms with van der Waals surface area (Å²) in [5.74, 6) is 1.42. The van der Waals surface area contributed by atoms with Crippen molar-refractivity contribution in [1.29, 1.82) is 0 Å². The van der Waals surface area contributed by atoms with E-state index in [4.69, 9.17) is 11.6 Å². The maximum absolute atomic E-state index is 5.88. The Balaban J connectivity index is 1.62. The summed E-state index contributed by atoms with van der Waals surface area (Å²) in [6.07, 6.45) is 1.72. The SMILES string of the molecule is CN1CCN(c2cnnc(NCc3ccc(Cl)cc3)n2)CC1. The Morgan fingerprint density at radius 3 is 2.59 bits per heavy atom. The third kappa shape index (κ3) is 3.84. The number of likely N-dealkylation sites (N-methyl/N-ethyl adjacent to an activating group) is 1. The van der Waals surface area contributed by atoms with Gasteiger partial charge >= 0.3 is 0 Å². The third-order valence-corrected chi connectivity index (χ3v) is 3.99. The van der Waals surface area contributed by atoms with Gasteiger partial charge in [0.15, 0.2) is 5.82 Å². The van der Waals surface area contributed by atoms with Crippen LogP contribution in [0.5, 0.6) is 0 Å². The maximum Gasteiger partial charge on any atom is 0.244 e. The van der Waals surface area contributed by atoms with E-state index < -0.39 is 0 Å². The average molecular weight is 319 g/mol. The van der Waals surface area contributed by atoms with Crippen LogP contribution in [0, 0.1) is 0 Å². The van der Waals surface area contributed by atoms with Crippen LogP contribution < -0.4 is 10.2 Å². The number of halogens is 1. The van der Waals surface area contributed by atoms with Gasteiger partial charge in [0.2, 0.25) is 5.95 Å². The number of nitrogens with one attached hydrogen (secondary N) is 1. The number of anilines is 2. The molecule has 0 atom stereocenters. The van der Waals surface area contributed by atoms with Gasteiger partial charge in [-0.25, -0.2) is 0 Å². The molecule has 2 aromatic rings. The number of piperazine rings is 1.